The molecule has 7 nitrogen and oxygen atoms in total. The van der Waals surface area contributed by atoms with Gasteiger partial charge in [-0.1, -0.05) is 0 Å². The molecule has 0 bridgehead atoms. The second kappa shape index (κ2) is 10.7. The number of ether oxygens (including phenoxy) is 1. The van der Waals surface area contributed by atoms with Gasteiger partial charge in [0.15, 0.2) is 0 Å². The van der Waals surface area contributed by atoms with Crippen LogP contribution in [-0.2, 0) is 4.74 Å². The van der Waals surface area contributed by atoms with Gasteiger partial charge in [0.25, 0.3) is 0 Å². The Morgan fingerprint density at radius 3 is 2.62 bits per heavy atom. The third-order valence-electron chi connectivity index (χ3n) is 5.33. The summed E-state index contributed by atoms with van der Waals surface area (Å²) >= 11 is 0. The smallest absolute Gasteiger partial charge is 0.113 e. The second-order valence-corrected chi connectivity index (χ2v) is 7.26. The van der Waals surface area contributed by atoms with E-state index in [1.807, 2.05) is 21.2 Å². The average molecular weight is 343 g/mol. The highest BCUT2D eigenvalue weighted by molar-refractivity contribution is 4.89. The first-order chi connectivity index (χ1) is 11.7. The van der Waals surface area contributed by atoms with Crippen molar-refractivity contribution >= 4 is 0 Å². The van der Waals surface area contributed by atoms with Crippen LogP contribution in [0.1, 0.15) is 32.6 Å². The minimum atomic E-state index is 0.174. The van der Waals surface area contributed by atoms with E-state index in [-0.39, 0.29) is 6.29 Å². The summed E-state index contributed by atoms with van der Waals surface area (Å²) in [7, 11) is 5.86. The molecule has 0 aromatic rings. The van der Waals surface area contributed by atoms with Crippen molar-refractivity contribution in [2.45, 2.75) is 63.3 Å². The summed E-state index contributed by atoms with van der Waals surface area (Å²) in [5.74, 6) is 0.569. The summed E-state index contributed by atoms with van der Waals surface area (Å²) in [6.07, 6.45) is 5.48. The van der Waals surface area contributed by atoms with Crippen LogP contribution in [0.3, 0.4) is 0 Å². The lowest BCUT2D eigenvalue weighted by Crippen LogP contribution is -2.68. The summed E-state index contributed by atoms with van der Waals surface area (Å²) in [6, 6.07) is 1.04. The fourth-order valence-electron chi connectivity index (χ4n) is 3.97. The van der Waals surface area contributed by atoms with E-state index in [1.54, 1.807) is 0 Å². The van der Waals surface area contributed by atoms with E-state index in [0.29, 0.717) is 30.3 Å². The van der Waals surface area contributed by atoms with Crippen LogP contribution in [0.2, 0.25) is 0 Å². The molecule has 6 atom stereocenters. The van der Waals surface area contributed by atoms with Crippen molar-refractivity contribution in [3.63, 3.8) is 0 Å². The molecule has 6 N–H and O–H groups in total. The Morgan fingerprint density at radius 2 is 1.92 bits per heavy atom. The van der Waals surface area contributed by atoms with Crippen molar-refractivity contribution in [1.82, 2.24) is 31.9 Å². The first kappa shape index (κ1) is 20.0. The van der Waals surface area contributed by atoms with Gasteiger partial charge in [-0.05, 0) is 52.6 Å². The molecule has 2 fully saturated rings. The highest BCUT2D eigenvalue weighted by atomic mass is 16.5. The van der Waals surface area contributed by atoms with Crippen LogP contribution in [0.25, 0.3) is 0 Å². The van der Waals surface area contributed by atoms with Gasteiger partial charge in [0.2, 0.25) is 0 Å². The predicted octanol–water partition coefficient (Wildman–Crippen LogP) is -0.631. The van der Waals surface area contributed by atoms with E-state index in [4.69, 9.17) is 4.74 Å². The molecule has 0 aromatic carbocycles. The maximum absolute atomic E-state index is 5.73. The Bertz CT molecular complexity index is 345. The molecule has 0 aromatic heterocycles. The van der Waals surface area contributed by atoms with Crippen molar-refractivity contribution in [2.24, 2.45) is 5.92 Å². The zero-order chi connectivity index (χ0) is 17.4. The van der Waals surface area contributed by atoms with Crippen molar-refractivity contribution in [2.75, 3.05) is 40.8 Å². The van der Waals surface area contributed by atoms with E-state index in [0.717, 1.165) is 38.9 Å². The van der Waals surface area contributed by atoms with Crippen LogP contribution in [-0.4, -0.2) is 71.5 Å². The lowest BCUT2D eigenvalue weighted by molar-refractivity contribution is 0.0110. The van der Waals surface area contributed by atoms with Crippen LogP contribution in [0.4, 0.5) is 0 Å². The van der Waals surface area contributed by atoms with Gasteiger partial charge in [-0.25, -0.2) is 0 Å². The summed E-state index contributed by atoms with van der Waals surface area (Å²) in [6.45, 7) is 5.29. The fourth-order valence-corrected chi connectivity index (χ4v) is 3.97. The maximum atomic E-state index is 5.73. The predicted molar refractivity (Wildman–Crippen MR) is 98.8 cm³/mol. The fraction of sp³-hybridized carbons (Fsp3) is 1.00. The molecule has 1 saturated carbocycles. The number of hydrogen-bond acceptors (Lipinski definition) is 7. The molecule has 2 aliphatic rings. The van der Waals surface area contributed by atoms with Gasteiger partial charge in [-0.2, -0.15) is 0 Å². The van der Waals surface area contributed by atoms with E-state index >= 15 is 0 Å². The number of nitrogens with one attached hydrogen (secondary N) is 6. The Kier molecular flexibility index (Phi) is 8.89. The Balaban J connectivity index is 1.80. The number of hydrogen-bond donors (Lipinski definition) is 6. The zero-order valence-electron chi connectivity index (χ0n) is 15.8. The Hall–Kier alpha value is -0.280. The van der Waals surface area contributed by atoms with E-state index < -0.39 is 0 Å². The van der Waals surface area contributed by atoms with Crippen LogP contribution in [0.15, 0.2) is 0 Å². The molecule has 1 saturated heterocycles. The quantitative estimate of drug-likeness (QED) is 0.311. The van der Waals surface area contributed by atoms with E-state index in [9.17, 15) is 0 Å². The van der Waals surface area contributed by atoms with Gasteiger partial charge in [0.1, 0.15) is 6.29 Å². The first-order valence-corrected chi connectivity index (χ1v) is 9.49. The third kappa shape index (κ3) is 6.22. The van der Waals surface area contributed by atoms with Crippen LogP contribution < -0.4 is 31.9 Å². The Labute approximate surface area is 147 Å². The molecule has 142 valence electrons. The van der Waals surface area contributed by atoms with Gasteiger partial charge in [-0.3, -0.25) is 16.0 Å². The zero-order valence-corrected chi connectivity index (χ0v) is 15.8. The SMILES string of the molecule is CNCCNCC1CC(NC2NC(C)CC(NC)N2)CCC1OC. The highest BCUT2D eigenvalue weighted by Gasteiger charge is 2.32. The van der Waals surface area contributed by atoms with Crippen LogP contribution >= 0.6 is 0 Å². The van der Waals surface area contributed by atoms with E-state index in [2.05, 4.69) is 38.8 Å². The first-order valence-electron chi connectivity index (χ1n) is 9.49. The lowest BCUT2D eigenvalue weighted by Gasteiger charge is -2.41. The molecule has 0 amide bonds. The minimum Gasteiger partial charge on any atom is -0.381 e. The third-order valence-corrected chi connectivity index (χ3v) is 5.33. The molecule has 24 heavy (non-hydrogen) atoms. The van der Waals surface area contributed by atoms with E-state index in [1.165, 1.54) is 6.42 Å². The lowest BCUT2D eigenvalue weighted by atomic mass is 9.83. The highest BCUT2D eigenvalue weighted by Crippen LogP contribution is 2.27. The second-order valence-electron chi connectivity index (χ2n) is 7.26. The molecular weight excluding hydrogens is 304 g/mol. The molecule has 1 aliphatic carbocycles. The van der Waals surface area contributed by atoms with Crippen molar-refractivity contribution in [3.05, 3.63) is 0 Å². The largest absolute Gasteiger partial charge is 0.381 e. The molecule has 2 rings (SSSR count). The molecule has 1 heterocycles. The maximum Gasteiger partial charge on any atom is 0.113 e. The summed E-state index contributed by atoms with van der Waals surface area (Å²) in [4.78, 5) is 0. The number of rotatable bonds is 9. The van der Waals surface area contributed by atoms with Gasteiger partial charge in [-0.15, -0.1) is 0 Å². The van der Waals surface area contributed by atoms with Gasteiger partial charge in [0, 0.05) is 38.8 Å². The van der Waals surface area contributed by atoms with Crippen molar-refractivity contribution in [1.29, 1.82) is 0 Å². The number of likely N-dealkylation sites (N-methyl/N-ethyl adjacent to an activating group) is 1. The van der Waals surface area contributed by atoms with Crippen LogP contribution in [0, 0.1) is 5.92 Å². The van der Waals surface area contributed by atoms with Gasteiger partial charge in [0.05, 0.1) is 12.3 Å². The molecule has 0 radical (unpaired) electrons. The van der Waals surface area contributed by atoms with Crippen molar-refractivity contribution < 1.29 is 4.74 Å². The average Bonchev–Trinajstić information content (AvgIpc) is 2.58. The standard InChI is InChI=1S/C17H38N6O/c1-12-9-16(19-3)23-17(21-12)22-14-5-6-15(24-4)13(10-14)11-20-8-7-18-2/h12-23H,5-11H2,1-4H3. The van der Waals surface area contributed by atoms with Crippen molar-refractivity contribution in [3.8, 4) is 0 Å². The molecule has 6 unspecified atom stereocenters. The van der Waals surface area contributed by atoms with Gasteiger partial charge < -0.3 is 20.7 Å². The summed E-state index contributed by atoms with van der Waals surface area (Å²) in [5.41, 5.74) is 0. The summed E-state index contributed by atoms with van der Waals surface area (Å²) in [5, 5.41) is 21.0. The minimum absolute atomic E-state index is 0.174. The summed E-state index contributed by atoms with van der Waals surface area (Å²) < 4.78 is 5.73. The normalized spacial score (nSPS) is 37.5. The molecule has 0 spiro atoms. The molecule has 1 aliphatic heterocycles. The molecular formula is C17H38N6O. The molecule has 7 heteroatoms. The topological polar surface area (TPSA) is 81.4 Å². The number of methoxy groups -OCH3 is 1. The van der Waals surface area contributed by atoms with Gasteiger partial charge >= 0.3 is 0 Å². The van der Waals surface area contributed by atoms with Crippen LogP contribution in [0.5, 0.6) is 0 Å². The monoisotopic (exact) mass is 342 g/mol. The Morgan fingerprint density at radius 1 is 1.08 bits per heavy atom.